The average molecular weight is 396 g/mol. The largest absolute Gasteiger partial charge is 0.350 e. The number of amides is 1. The third kappa shape index (κ3) is 4.31. The number of carbonyl (C=O) groups is 1. The van der Waals surface area contributed by atoms with E-state index in [1.165, 1.54) is 10.7 Å². The number of hydrogen-bond acceptors (Lipinski definition) is 3. The van der Waals surface area contributed by atoms with Gasteiger partial charge in [-0.1, -0.05) is 61.0 Å². The molecule has 3 rings (SSSR count). The van der Waals surface area contributed by atoms with Crippen LogP contribution in [0.4, 0.5) is 0 Å². The molecule has 28 heavy (non-hydrogen) atoms. The first-order valence-corrected chi connectivity index (χ1v) is 9.58. The van der Waals surface area contributed by atoms with Crippen LogP contribution in [-0.2, 0) is 0 Å². The Labute approximate surface area is 169 Å². The van der Waals surface area contributed by atoms with Crippen LogP contribution >= 0.6 is 11.6 Å². The molecule has 0 aliphatic rings. The van der Waals surface area contributed by atoms with Gasteiger partial charge in [0.25, 0.3) is 5.91 Å². The van der Waals surface area contributed by atoms with Crippen LogP contribution in [0.2, 0.25) is 5.02 Å². The van der Waals surface area contributed by atoms with Crippen molar-refractivity contribution in [1.82, 2.24) is 15.1 Å². The molecule has 1 aromatic heterocycles. The molecule has 0 aliphatic carbocycles. The van der Waals surface area contributed by atoms with Gasteiger partial charge in [0, 0.05) is 24.2 Å². The first-order chi connectivity index (χ1) is 13.5. The van der Waals surface area contributed by atoms with E-state index in [1.54, 1.807) is 19.1 Å². The van der Waals surface area contributed by atoms with Crippen molar-refractivity contribution in [3.05, 3.63) is 92.9 Å². The number of hydrogen-bond donors (Lipinski definition) is 1. The Kier molecular flexibility index (Phi) is 6.26. The molecule has 0 fully saturated rings. The highest BCUT2D eigenvalue weighted by atomic mass is 35.5. The van der Waals surface area contributed by atoms with Crippen molar-refractivity contribution in [2.45, 2.75) is 26.2 Å². The third-order valence-electron chi connectivity index (χ3n) is 4.68. The molecule has 1 atom stereocenters. The van der Waals surface area contributed by atoms with Crippen molar-refractivity contribution in [1.29, 1.82) is 0 Å². The third-order valence-corrected chi connectivity index (χ3v) is 5.00. The van der Waals surface area contributed by atoms with E-state index in [-0.39, 0.29) is 11.6 Å². The summed E-state index contributed by atoms with van der Waals surface area (Å²) in [7, 11) is 0. The van der Waals surface area contributed by atoms with Gasteiger partial charge in [-0.25, -0.2) is 4.68 Å². The van der Waals surface area contributed by atoms with Crippen LogP contribution in [0.3, 0.4) is 0 Å². The van der Waals surface area contributed by atoms with Gasteiger partial charge in [-0.2, -0.15) is 5.10 Å². The number of carbonyl (C=O) groups excluding carboxylic acids is 1. The van der Waals surface area contributed by atoms with Gasteiger partial charge in [0.1, 0.15) is 0 Å². The van der Waals surface area contributed by atoms with E-state index in [9.17, 15) is 9.59 Å². The molecule has 0 saturated carbocycles. The van der Waals surface area contributed by atoms with Gasteiger partial charge in [-0.05, 0) is 31.0 Å². The molecule has 5 nitrogen and oxygen atoms in total. The lowest BCUT2D eigenvalue weighted by Gasteiger charge is -2.16. The summed E-state index contributed by atoms with van der Waals surface area (Å²) >= 11 is 6.25. The van der Waals surface area contributed by atoms with Crippen molar-refractivity contribution in [2.24, 2.45) is 0 Å². The Morgan fingerprint density at radius 2 is 1.82 bits per heavy atom. The molecule has 144 valence electrons. The molecular weight excluding hydrogens is 374 g/mol. The van der Waals surface area contributed by atoms with Crippen LogP contribution in [0.25, 0.3) is 5.69 Å². The maximum absolute atomic E-state index is 12.7. The first kappa shape index (κ1) is 19.8. The molecule has 1 amide bonds. The van der Waals surface area contributed by atoms with Gasteiger partial charge < -0.3 is 5.32 Å². The molecule has 0 bridgehead atoms. The highest BCUT2D eigenvalue weighted by Crippen LogP contribution is 2.20. The summed E-state index contributed by atoms with van der Waals surface area (Å²) < 4.78 is 1.52. The van der Waals surface area contributed by atoms with E-state index < -0.39 is 11.3 Å². The summed E-state index contributed by atoms with van der Waals surface area (Å²) in [5.74, 6) is -0.318. The van der Waals surface area contributed by atoms with Gasteiger partial charge in [-0.15, -0.1) is 0 Å². The lowest BCUT2D eigenvalue weighted by atomic mass is 9.96. The topological polar surface area (TPSA) is 64.0 Å². The van der Waals surface area contributed by atoms with Gasteiger partial charge >= 0.3 is 0 Å². The maximum Gasteiger partial charge on any atom is 0.275 e. The molecular formula is C22H22ClN3O2. The number of aromatic nitrogens is 2. The van der Waals surface area contributed by atoms with Crippen molar-refractivity contribution < 1.29 is 4.79 Å². The second kappa shape index (κ2) is 8.85. The molecule has 0 spiro atoms. The number of benzene rings is 2. The fourth-order valence-corrected chi connectivity index (χ4v) is 3.31. The molecule has 0 saturated heterocycles. The smallest absolute Gasteiger partial charge is 0.275 e. The van der Waals surface area contributed by atoms with E-state index in [1.807, 2.05) is 42.5 Å². The summed E-state index contributed by atoms with van der Waals surface area (Å²) in [5.41, 5.74) is 1.81. The van der Waals surface area contributed by atoms with Crippen molar-refractivity contribution in [2.75, 3.05) is 6.54 Å². The molecule has 3 aromatic rings. The maximum atomic E-state index is 12.7. The lowest BCUT2D eigenvalue weighted by Crippen LogP contribution is -2.34. The van der Waals surface area contributed by atoms with Crippen LogP contribution in [0, 0.1) is 6.92 Å². The van der Waals surface area contributed by atoms with Gasteiger partial charge in [0.05, 0.1) is 10.7 Å². The minimum absolute atomic E-state index is 0.145. The molecule has 0 radical (unpaired) electrons. The highest BCUT2D eigenvalue weighted by Gasteiger charge is 2.18. The molecule has 1 heterocycles. The molecule has 0 unspecified atom stereocenters. The minimum atomic E-state index is -0.486. The standard InChI is InChI=1S/C22H22ClN3O2/c1-3-16(17-9-5-4-6-10-17)14-24-22(28)21-20(27)13-15(2)26(25-21)19-12-8-7-11-18(19)23/h4-13,16H,3,14H2,1-2H3,(H,24,28)/t16-/m0/s1. The number of aryl methyl sites for hydroxylation is 1. The highest BCUT2D eigenvalue weighted by molar-refractivity contribution is 6.32. The van der Waals surface area contributed by atoms with Gasteiger partial charge in [0.15, 0.2) is 5.69 Å². The summed E-state index contributed by atoms with van der Waals surface area (Å²) in [6.07, 6.45) is 0.871. The lowest BCUT2D eigenvalue weighted by molar-refractivity contribution is 0.0943. The number of halogens is 1. The Morgan fingerprint density at radius 3 is 2.50 bits per heavy atom. The van der Waals surface area contributed by atoms with E-state index >= 15 is 0 Å². The van der Waals surface area contributed by atoms with Crippen LogP contribution < -0.4 is 10.7 Å². The van der Waals surface area contributed by atoms with Gasteiger partial charge in [0.2, 0.25) is 5.43 Å². The second-order valence-electron chi connectivity index (χ2n) is 6.59. The zero-order chi connectivity index (χ0) is 20.1. The number of nitrogens with one attached hydrogen (secondary N) is 1. The van der Waals surface area contributed by atoms with E-state index in [2.05, 4.69) is 17.3 Å². The predicted octanol–water partition coefficient (Wildman–Crippen LogP) is 4.12. The normalized spacial score (nSPS) is 11.8. The van der Waals surface area contributed by atoms with E-state index in [0.29, 0.717) is 22.9 Å². The van der Waals surface area contributed by atoms with Crippen LogP contribution in [0.15, 0.2) is 65.5 Å². The summed E-state index contributed by atoms with van der Waals surface area (Å²) in [6, 6.07) is 18.6. The molecule has 1 N–H and O–H groups in total. The van der Waals surface area contributed by atoms with Gasteiger partial charge in [-0.3, -0.25) is 9.59 Å². The fourth-order valence-electron chi connectivity index (χ4n) is 3.09. The predicted molar refractivity (Wildman–Crippen MR) is 111 cm³/mol. The monoisotopic (exact) mass is 395 g/mol. The average Bonchev–Trinajstić information content (AvgIpc) is 2.70. The van der Waals surface area contributed by atoms with E-state index in [0.717, 1.165) is 12.0 Å². The Morgan fingerprint density at radius 1 is 1.14 bits per heavy atom. The fraction of sp³-hybridized carbons (Fsp3) is 0.227. The number of para-hydroxylation sites is 1. The molecule has 2 aromatic carbocycles. The zero-order valence-electron chi connectivity index (χ0n) is 15.9. The van der Waals surface area contributed by atoms with Crippen molar-refractivity contribution >= 4 is 17.5 Å². The van der Waals surface area contributed by atoms with Crippen LogP contribution in [0.1, 0.15) is 41.0 Å². The SMILES string of the molecule is CC[C@@H](CNC(=O)c1nn(-c2ccccc2Cl)c(C)cc1=O)c1ccccc1. The number of rotatable bonds is 6. The molecule has 0 aliphatic heterocycles. The van der Waals surface area contributed by atoms with E-state index in [4.69, 9.17) is 11.6 Å². The minimum Gasteiger partial charge on any atom is -0.350 e. The molecule has 6 heteroatoms. The summed E-state index contributed by atoms with van der Waals surface area (Å²) in [5, 5.41) is 7.63. The Hall–Kier alpha value is -2.92. The van der Waals surface area contributed by atoms with Crippen LogP contribution in [-0.4, -0.2) is 22.2 Å². The van der Waals surface area contributed by atoms with Crippen molar-refractivity contribution in [3.63, 3.8) is 0 Å². The van der Waals surface area contributed by atoms with Crippen LogP contribution in [0.5, 0.6) is 0 Å². The Bertz CT molecular complexity index is 1030. The number of nitrogens with zero attached hydrogens (tertiary/aromatic N) is 2. The van der Waals surface area contributed by atoms with Crippen molar-refractivity contribution in [3.8, 4) is 5.69 Å². The summed E-state index contributed by atoms with van der Waals surface area (Å²) in [4.78, 5) is 25.0. The summed E-state index contributed by atoms with van der Waals surface area (Å²) in [6.45, 7) is 4.25. The zero-order valence-corrected chi connectivity index (χ0v) is 16.6. The first-order valence-electron chi connectivity index (χ1n) is 9.20. The quantitative estimate of drug-likeness (QED) is 0.682. The Balaban J connectivity index is 1.85. The second-order valence-corrected chi connectivity index (χ2v) is 6.99.